The third-order valence-corrected chi connectivity index (χ3v) is 4.36. The van der Waals surface area contributed by atoms with E-state index >= 15 is 0 Å². The first kappa shape index (κ1) is 16.5. The summed E-state index contributed by atoms with van der Waals surface area (Å²) in [6.45, 7) is 4.46. The summed E-state index contributed by atoms with van der Waals surface area (Å²) in [6.07, 6.45) is 9.08. The number of carbonyl (C=O) groups excluding carboxylic acids is 1. The van der Waals surface area contributed by atoms with Crippen LogP contribution in [0.4, 0.5) is 0 Å². The lowest BCUT2D eigenvalue weighted by atomic mass is 10.2. The minimum absolute atomic E-state index is 0.240. The van der Waals surface area contributed by atoms with Crippen molar-refractivity contribution in [2.24, 2.45) is 0 Å². The minimum Gasteiger partial charge on any atom is -0.348 e. The number of H-pyrrole nitrogens is 1. The van der Waals surface area contributed by atoms with E-state index in [9.17, 15) is 4.79 Å². The largest absolute Gasteiger partial charge is 0.348 e. The normalized spacial score (nSPS) is 15.9. The molecule has 5 nitrogen and oxygen atoms in total. The van der Waals surface area contributed by atoms with E-state index in [1.165, 1.54) is 5.56 Å². The Morgan fingerprint density at radius 2 is 1.96 bits per heavy atom. The molecular formula is C19H24N4O. The van der Waals surface area contributed by atoms with Crippen molar-refractivity contribution in [1.29, 1.82) is 0 Å². The molecule has 0 radical (unpaired) electrons. The average Bonchev–Trinajstić information content (AvgIpc) is 3.15. The van der Waals surface area contributed by atoms with Crippen molar-refractivity contribution in [2.75, 3.05) is 32.7 Å². The number of piperazine rings is 1. The lowest BCUT2D eigenvalue weighted by Crippen LogP contribution is -2.48. The number of carbonyl (C=O) groups is 1. The van der Waals surface area contributed by atoms with Gasteiger partial charge in [0.2, 0.25) is 5.91 Å². The summed E-state index contributed by atoms with van der Waals surface area (Å²) < 4.78 is 0. The summed E-state index contributed by atoms with van der Waals surface area (Å²) >= 11 is 0. The van der Waals surface area contributed by atoms with Crippen LogP contribution >= 0.6 is 0 Å². The minimum atomic E-state index is 0.240. The van der Waals surface area contributed by atoms with E-state index in [1.54, 1.807) is 12.5 Å². The highest BCUT2D eigenvalue weighted by Gasteiger charge is 2.20. The molecule has 0 saturated carbocycles. The van der Waals surface area contributed by atoms with E-state index in [-0.39, 0.29) is 5.91 Å². The summed E-state index contributed by atoms with van der Waals surface area (Å²) in [6, 6.07) is 10.3. The van der Waals surface area contributed by atoms with Gasteiger partial charge in [0, 0.05) is 51.0 Å². The number of hydrogen-bond donors (Lipinski definition) is 1. The average molecular weight is 324 g/mol. The molecule has 3 rings (SSSR count). The number of imidazole rings is 1. The van der Waals surface area contributed by atoms with Crippen LogP contribution in [-0.4, -0.2) is 58.4 Å². The van der Waals surface area contributed by atoms with Gasteiger partial charge in [0.1, 0.15) is 0 Å². The Morgan fingerprint density at radius 1 is 1.17 bits per heavy atom. The quantitative estimate of drug-likeness (QED) is 0.886. The van der Waals surface area contributed by atoms with Gasteiger partial charge in [-0.2, -0.15) is 0 Å². The molecule has 0 bridgehead atoms. The van der Waals surface area contributed by atoms with Gasteiger partial charge < -0.3 is 9.88 Å². The molecule has 0 spiro atoms. The maximum Gasteiger partial charge on any atom is 0.223 e. The van der Waals surface area contributed by atoms with Crippen LogP contribution in [0.1, 0.15) is 17.7 Å². The Morgan fingerprint density at radius 3 is 2.67 bits per heavy atom. The van der Waals surface area contributed by atoms with Gasteiger partial charge in [-0.25, -0.2) is 4.98 Å². The van der Waals surface area contributed by atoms with Gasteiger partial charge in [-0.3, -0.25) is 9.69 Å². The SMILES string of the molecule is O=C(CCc1cnc[nH]1)N1CCN(C/C=C/c2ccccc2)CC1. The zero-order valence-corrected chi connectivity index (χ0v) is 13.9. The predicted octanol–water partition coefficient (Wildman–Crippen LogP) is 2.20. The number of hydrogen-bond acceptors (Lipinski definition) is 3. The molecule has 1 aromatic carbocycles. The number of aromatic amines is 1. The van der Waals surface area contributed by atoms with Crippen LogP contribution in [0.15, 0.2) is 48.9 Å². The zero-order chi connectivity index (χ0) is 16.6. The summed E-state index contributed by atoms with van der Waals surface area (Å²) in [5.41, 5.74) is 2.25. The van der Waals surface area contributed by atoms with E-state index < -0.39 is 0 Å². The number of benzene rings is 1. The highest BCUT2D eigenvalue weighted by molar-refractivity contribution is 5.76. The van der Waals surface area contributed by atoms with Crippen molar-refractivity contribution in [3.8, 4) is 0 Å². The summed E-state index contributed by atoms with van der Waals surface area (Å²) in [4.78, 5) is 23.6. The first-order chi connectivity index (χ1) is 11.8. The first-order valence-electron chi connectivity index (χ1n) is 8.50. The molecule has 1 N–H and O–H groups in total. The second kappa shape index (κ2) is 8.45. The topological polar surface area (TPSA) is 52.2 Å². The van der Waals surface area contributed by atoms with Crippen molar-refractivity contribution in [1.82, 2.24) is 19.8 Å². The number of nitrogens with zero attached hydrogens (tertiary/aromatic N) is 3. The van der Waals surface area contributed by atoms with Crippen LogP contribution < -0.4 is 0 Å². The smallest absolute Gasteiger partial charge is 0.223 e. The van der Waals surface area contributed by atoms with Crippen molar-refractivity contribution in [3.63, 3.8) is 0 Å². The standard InChI is InChI=1S/C19H24N4O/c24-19(9-8-18-15-20-16-21-18)23-13-11-22(12-14-23)10-4-7-17-5-2-1-3-6-17/h1-7,15-16H,8-14H2,(H,20,21)/b7-4+. The summed E-state index contributed by atoms with van der Waals surface area (Å²) in [5, 5.41) is 0. The van der Waals surface area contributed by atoms with Crippen LogP contribution in [0, 0.1) is 0 Å². The Kier molecular flexibility index (Phi) is 5.80. The van der Waals surface area contributed by atoms with Crippen molar-refractivity contribution < 1.29 is 4.79 Å². The van der Waals surface area contributed by atoms with E-state index in [0.29, 0.717) is 6.42 Å². The highest BCUT2D eigenvalue weighted by atomic mass is 16.2. The van der Waals surface area contributed by atoms with E-state index in [2.05, 4.69) is 39.2 Å². The molecule has 1 aliphatic heterocycles. The predicted molar refractivity (Wildman–Crippen MR) is 95.4 cm³/mol. The van der Waals surface area contributed by atoms with Crippen LogP contribution in [0.3, 0.4) is 0 Å². The second-order valence-electron chi connectivity index (χ2n) is 6.07. The number of nitrogens with one attached hydrogen (secondary N) is 1. The number of aromatic nitrogens is 2. The molecule has 1 amide bonds. The Labute approximate surface area is 143 Å². The molecule has 0 aliphatic carbocycles. The molecule has 1 fully saturated rings. The zero-order valence-electron chi connectivity index (χ0n) is 13.9. The maximum atomic E-state index is 12.3. The Balaban J connectivity index is 1.37. The Hall–Kier alpha value is -2.40. The lowest BCUT2D eigenvalue weighted by Gasteiger charge is -2.34. The fourth-order valence-electron chi connectivity index (χ4n) is 2.90. The molecule has 126 valence electrons. The van der Waals surface area contributed by atoms with Gasteiger partial charge in [-0.05, 0) is 12.0 Å². The molecule has 24 heavy (non-hydrogen) atoms. The first-order valence-corrected chi connectivity index (χ1v) is 8.50. The van der Waals surface area contributed by atoms with Crippen LogP contribution in [-0.2, 0) is 11.2 Å². The van der Waals surface area contributed by atoms with E-state index in [0.717, 1.165) is 44.8 Å². The molecular weight excluding hydrogens is 300 g/mol. The summed E-state index contributed by atoms with van der Waals surface area (Å²) in [5.74, 6) is 0.240. The summed E-state index contributed by atoms with van der Waals surface area (Å²) in [7, 11) is 0. The molecule has 1 aromatic heterocycles. The third-order valence-electron chi connectivity index (χ3n) is 4.36. The van der Waals surface area contributed by atoms with Gasteiger partial charge in [-0.15, -0.1) is 0 Å². The molecule has 0 atom stereocenters. The van der Waals surface area contributed by atoms with Gasteiger partial charge >= 0.3 is 0 Å². The van der Waals surface area contributed by atoms with Crippen molar-refractivity contribution >= 4 is 12.0 Å². The second-order valence-corrected chi connectivity index (χ2v) is 6.07. The maximum absolute atomic E-state index is 12.3. The van der Waals surface area contributed by atoms with Crippen molar-refractivity contribution in [2.45, 2.75) is 12.8 Å². The number of rotatable bonds is 6. The van der Waals surface area contributed by atoms with E-state index in [1.807, 2.05) is 23.1 Å². The fraction of sp³-hybridized carbons (Fsp3) is 0.368. The van der Waals surface area contributed by atoms with Gasteiger partial charge in [-0.1, -0.05) is 42.5 Å². The monoisotopic (exact) mass is 324 g/mol. The van der Waals surface area contributed by atoms with Crippen LogP contribution in [0.5, 0.6) is 0 Å². The van der Waals surface area contributed by atoms with Crippen LogP contribution in [0.2, 0.25) is 0 Å². The Bertz CT molecular complexity index is 643. The van der Waals surface area contributed by atoms with E-state index in [4.69, 9.17) is 0 Å². The van der Waals surface area contributed by atoms with Gasteiger partial charge in [0.25, 0.3) is 0 Å². The fourth-order valence-corrected chi connectivity index (χ4v) is 2.90. The third kappa shape index (κ3) is 4.80. The molecule has 2 heterocycles. The highest BCUT2D eigenvalue weighted by Crippen LogP contribution is 2.07. The van der Waals surface area contributed by atoms with Crippen molar-refractivity contribution in [3.05, 3.63) is 60.2 Å². The molecule has 1 saturated heterocycles. The number of aryl methyl sites for hydroxylation is 1. The molecule has 0 unspecified atom stereocenters. The van der Waals surface area contributed by atoms with Gasteiger partial charge in [0.05, 0.1) is 6.33 Å². The molecule has 5 heteroatoms. The number of amides is 1. The molecule has 1 aliphatic rings. The lowest BCUT2D eigenvalue weighted by molar-refractivity contribution is -0.132. The molecule has 2 aromatic rings. The van der Waals surface area contributed by atoms with Gasteiger partial charge in [0.15, 0.2) is 0 Å². The van der Waals surface area contributed by atoms with Crippen LogP contribution in [0.25, 0.3) is 6.08 Å².